The van der Waals surface area contributed by atoms with Crippen LogP contribution in [0.2, 0.25) is 0 Å². The first-order valence-corrected chi connectivity index (χ1v) is 11.1. The first kappa shape index (κ1) is 30.7. The van der Waals surface area contributed by atoms with Crippen LogP contribution >= 0.6 is 0 Å². The lowest BCUT2D eigenvalue weighted by molar-refractivity contribution is -0.299. The molecule has 1 heterocycles. The monoisotopic (exact) mass is 507 g/mol. The SMILES string of the molecule is CC(=O)N[C@@H](O)C1C(O)CC(O)(C(=O)OCC(=O)N(C)C)OC1C[C@H](O)COC(=O)[C@@H](N)C(C)C. The molecule has 1 fully saturated rings. The van der Waals surface area contributed by atoms with Crippen molar-refractivity contribution in [1.82, 2.24) is 10.2 Å². The van der Waals surface area contributed by atoms with Gasteiger partial charge in [0.2, 0.25) is 5.91 Å². The second-order valence-electron chi connectivity index (χ2n) is 9.09. The number of ether oxygens (including phenoxy) is 3. The second kappa shape index (κ2) is 13.1. The van der Waals surface area contributed by atoms with Crippen molar-refractivity contribution in [3.8, 4) is 0 Å². The summed E-state index contributed by atoms with van der Waals surface area (Å²) < 4.78 is 15.2. The number of nitrogens with two attached hydrogens (primary N) is 1. The fourth-order valence-electron chi connectivity index (χ4n) is 3.35. The summed E-state index contributed by atoms with van der Waals surface area (Å²) in [6.45, 7) is 3.30. The van der Waals surface area contributed by atoms with E-state index in [0.717, 1.165) is 11.8 Å². The van der Waals surface area contributed by atoms with Crippen LogP contribution in [0.4, 0.5) is 0 Å². The molecule has 0 aromatic rings. The molecule has 202 valence electrons. The molecule has 0 aromatic heterocycles. The Balaban J connectivity index is 3.01. The molecule has 0 saturated carbocycles. The molecule has 1 aliphatic heterocycles. The van der Waals surface area contributed by atoms with Crippen LogP contribution in [0.1, 0.15) is 33.6 Å². The van der Waals surface area contributed by atoms with Crippen molar-refractivity contribution in [2.24, 2.45) is 17.6 Å². The van der Waals surface area contributed by atoms with Gasteiger partial charge < -0.3 is 50.6 Å². The summed E-state index contributed by atoms with van der Waals surface area (Å²) in [5, 5.41) is 44.3. The van der Waals surface area contributed by atoms with Crippen molar-refractivity contribution in [3.63, 3.8) is 0 Å². The number of carbonyl (C=O) groups is 4. The lowest BCUT2D eigenvalue weighted by atomic mass is 9.83. The van der Waals surface area contributed by atoms with E-state index in [2.05, 4.69) is 5.32 Å². The van der Waals surface area contributed by atoms with E-state index in [4.69, 9.17) is 19.9 Å². The van der Waals surface area contributed by atoms with E-state index in [1.54, 1.807) is 13.8 Å². The maximum Gasteiger partial charge on any atom is 0.367 e. The summed E-state index contributed by atoms with van der Waals surface area (Å²) in [5.41, 5.74) is 5.70. The zero-order chi connectivity index (χ0) is 27.1. The van der Waals surface area contributed by atoms with E-state index in [1.807, 2.05) is 0 Å². The van der Waals surface area contributed by atoms with Gasteiger partial charge in [-0.3, -0.25) is 14.4 Å². The lowest BCUT2D eigenvalue weighted by Crippen LogP contribution is -2.61. The average Bonchev–Trinajstić information content (AvgIpc) is 2.73. The number of nitrogens with zero attached hydrogens (tertiary/aromatic N) is 1. The van der Waals surface area contributed by atoms with Crippen LogP contribution < -0.4 is 11.1 Å². The van der Waals surface area contributed by atoms with Gasteiger partial charge in [0.05, 0.1) is 24.2 Å². The highest BCUT2D eigenvalue weighted by Crippen LogP contribution is 2.36. The van der Waals surface area contributed by atoms with E-state index in [1.165, 1.54) is 14.1 Å². The van der Waals surface area contributed by atoms with Gasteiger partial charge in [-0.2, -0.15) is 0 Å². The minimum atomic E-state index is -2.72. The van der Waals surface area contributed by atoms with Crippen LogP contribution in [0.5, 0.6) is 0 Å². The van der Waals surface area contributed by atoms with Gasteiger partial charge in [-0.1, -0.05) is 13.8 Å². The fourth-order valence-corrected chi connectivity index (χ4v) is 3.35. The van der Waals surface area contributed by atoms with Gasteiger partial charge in [0.15, 0.2) is 6.61 Å². The number of aliphatic hydroxyl groups excluding tert-OH is 3. The maximum absolute atomic E-state index is 12.5. The maximum atomic E-state index is 12.5. The van der Waals surface area contributed by atoms with Gasteiger partial charge >= 0.3 is 11.9 Å². The Morgan fingerprint density at radius 2 is 1.80 bits per heavy atom. The molecule has 1 aliphatic rings. The Labute approximate surface area is 203 Å². The Morgan fingerprint density at radius 3 is 2.31 bits per heavy atom. The molecular weight excluding hydrogens is 470 g/mol. The number of hydrogen-bond donors (Lipinski definition) is 6. The van der Waals surface area contributed by atoms with Crippen molar-refractivity contribution < 1.29 is 53.8 Å². The molecule has 4 unspecified atom stereocenters. The van der Waals surface area contributed by atoms with Gasteiger partial charge in [0, 0.05) is 33.9 Å². The number of amides is 2. The molecule has 0 spiro atoms. The van der Waals surface area contributed by atoms with Crippen molar-refractivity contribution in [3.05, 3.63) is 0 Å². The van der Waals surface area contributed by atoms with E-state index < -0.39 is 92.1 Å². The molecule has 14 nitrogen and oxygen atoms in total. The van der Waals surface area contributed by atoms with Crippen LogP contribution in [0.3, 0.4) is 0 Å². The predicted molar refractivity (Wildman–Crippen MR) is 118 cm³/mol. The van der Waals surface area contributed by atoms with Crippen molar-refractivity contribution in [2.45, 2.75) is 70.0 Å². The topological polar surface area (TPSA) is 218 Å². The van der Waals surface area contributed by atoms with Crippen LogP contribution in [-0.2, 0) is 33.4 Å². The summed E-state index contributed by atoms with van der Waals surface area (Å²) >= 11 is 0. The molecule has 0 aromatic carbocycles. The Bertz CT molecular complexity index is 763. The van der Waals surface area contributed by atoms with Gasteiger partial charge in [0.25, 0.3) is 11.7 Å². The highest BCUT2D eigenvalue weighted by molar-refractivity contribution is 5.83. The third-order valence-corrected chi connectivity index (χ3v) is 5.48. The zero-order valence-corrected chi connectivity index (χ0v) is 20.5. The molecule has 35 heavy (non-hydrogen) atoms. The Hall–Kier alpha value is -2.36. The molecule has 14 heteroatoms. The highest BCUT2D eigenvalue weighted by atomic mass is 16.7. The summed E-state index contributed by atoms with van der Waals surface area (Å²) in [4.78, 5) is 48.7. The van der Waals surface area contributed by atoms with Gasteiger partial charge in [-0.25, -0.2) is 4.79 Å². The molecule has 7 atom stereocenters. The molecule has 1 rings (SSSR count). The van der Waals surface area contributed by atoms with Crippen LogP contribution in [0, 0.1) is 11.8 Å². The first-order chi connectivity index (χ1) is 16.1. The molecule has 2 amide bonds. The number of rotatable bonds is 11. The molecule has 1 saturated heterocycles. The van der Waals surface area contributed by atoms with Crippen LogP contribution in [-0.4, -0.2) is 113 Å². The van der Waals surface area contributed by atoms with Gasteiger partial charge in [0.1, 0.15) is 18.9 Å². The number of aliphatic hydroxyl groups is 4. The third kappa shape index (κ3) is 8.98. The molecule has 0 bridgehead atoms. The van der Waals surface area contributed by atoms with Crippen LogP contribution in [0.25, 0.3) is 0 Å². The zero-order valence-electron chi connectivity index (χ0n) is 20.5. The average molecular weight is 508 g/mol. The Kier molecular flexibility index (Phi) is 11.5. The van der Waals surface area contributed by atoms with E-state index in [0.29, 0.717) is 0 Å². The summed E-state index contributed by atoms with van der Waals surface area (Å²) in [5.74, 6) is -7.57. The fraction of sp³-hybridized carbons (Fsp3) is 0.810. The number of esters is 2. The summed E-state index contributed by atoms with van der Waals surface area (Å²) in [6.07, 6.45) is -7.32. The van der Waals surface area contributed by atoms with E-state index in [-0.39, 0.29) is 5.92 Å². The minimum Gasteiger partial charge on any atom is -0.462 e. The molecule has 0 aliphatic carbocycles. The first-order valence-electron chi connectivity index (χ1n) is 11.1. The predicted octanol–water partition coefficient (Wildman–Crippen LogP) is -3.20. The number of nitrogens with one attached hydrogen (secondary N) is 1. The van der Waals surface area contributed by atoms with Crippen molar-refractivity contribution in [2.75, 3.05) is 27.3 Å². The molecule has 7 N–H and O–H groups in total. The van der Waals surface area contributed by atoms with Gasteiger partial charge in [-0.05, 0) is 5.92 Å². The minimum absolute atomic E-state index is 0.214. The summed E-state index contributed by atoms with van der Waals surface area (Å²) in [6, 6.07) is -0.922. The lowest BCUT2D eigenvalue weighted by Gasteiger charge is -2.45. The number of likely N-dealkylation sites (N-methyl/N-ethyl adjacent to an activating group) is 1. The van der Waals surface area contributed by atoms with Crippen LogP contribution in [0.15, 0.2) is 0 Å². The standard InChI is InChI=1S/C21H37N3O11/c1-10(2)17(22)19(30)33-8-12(26)6-14-16(18(29)23-11(3)25)13(27)7-21(32,35-14)20(31)34-9-15(28)24(4)5/h10,12-14,16-18,26-27,29,32H,6-9,22H2,1-5H3,(H,23,25)/t12-,13?,14?,16?,17-,18-,21?/m0/s1. The number of carbonyl (C=O) groups excluding carboxylic acids is 4. The second-order valence-corrected chi connectivity index (χ2v) is 9.09. The molecular formula is C21H37N3O11. The highest BCUT2D eigenvalue weighted by Gasteiger charge is 2.54. The van der Waals surface area contributed by atoms with Gasteiger partial charge in [-0.15, -0.1) is 0 Å². The van der Waals surface area contributed by atoms with E-state index in [9.17, 15) is 39.6 Å². The third-order valence-electron chi connectivity index (χ3n) is 5.48. The van der Waals surface area contributed by atoms with E-state index >= 15 is 0 Å². The number of hydrogen-bond acceptors (Lipinski definition) is 12. The normalized spacial score (nSPS) is 26.9. The smallest absolute Gasteiger partial charge is 0.367 e. The quantitative estimate of drug-likeness (QED) is 0.120. The summed E-state index contributed by atoms with van der Waals surface area (Å²) in [7, 11) is 2.86. The van der Waals surface area contributed by atoms with Crippen molar-refractivity contribution in [1.29, 1.82) is 0 Å². The largest absolute Gasteiger partial charge is 0.462 e. The Morgan fingerprint density at radius 1 is 1.20 bits per heavy atom. The molecule has 0 radical (unpaired) electrons. The van der Waals surface area contributed by atoms with Crippen molar-refractivity contribution >= 4 is 23.8 Å².